The number of nitrogens with one attached hydrogen (secondary N) is 1. The Morgan fingerprint density at radius 2 is 1.70 bits per heavy atom. The summed E-state index contributed by atoms with van der Waals surface area (Å²) in [6, 6.07) is 8.32. The van der Waals surface area contributed by atoms with Crippen LogP contribution in [-0.2, 0) is 9.53 Å². The third-order valence-corrected chi connectivity index (χ3v) is 3.23. The van der Waals surface area contributed by atoms with Gasteiger partial charge in [0.05, 0.1) is 10.6 Å². The van der Waals surface area contributed by atoms with E-state index in [2.05, 4.69) is 5.32 Å². The normalized spacial score (nSPS) is 11.7. The number of carbonyl (C=O) groups excluding carboxylic acids is 2. The van der Waals surface area contributed by atoms with E-state index in [9.17, 15) is 18.4 Å². The average molecular weight is 340 g/mol. The Labute approximate surface area is 136 Å². The molecule has 0 heterocycles. The molecule has 2 rings (SSSR count). The van der Waals surface area contributed by atoms with Crippen LogP contribution in [0.25, 0.3) is 0 Å². The van der Waals surface area contributed by atoms with E-state index in [-0.39, 0.29) is 10.6 Å². The fraction of sp³-hybridized carbons (Fsp3) is 0.125. The van der Waals surface area contributed by atoms with Crippen LogP contribution < -0.4 is 5.32 Å². The van der Waals surface area contributed by atoms with E-state index in [1.165, 1.54) is 37.3 Å². The zero-order valence-corrected chi connectivity index (χ0v) is 12.7. The molecule has 0 saturated carbocycles. The molecule has 0 unspecified atom stereocenters. The van der Waals surface area contributed by atoms with Crippen LogP contribution in [0.15, 0.2) is 42.5 Å². The van der Waals surface area contributed by atoms with Crippen molar-refractivity contribution in [3.05, 3.63) is 64.7 Å². The van der Waals surface area contributed by atoms with Gasteiger partial charge < -0.3 is 10.1 Å². The highest BCUT2D eigenvalue weighted by atomic mass is 35.5. The average Bonchev–Trinajstić information content (AvgIpc) is 2.49. The van der Waals surface area contributed by atoms with Crippen LogP contribution in [-0.4, -0.2) is 18.0 Å². The van der Waals surface area contributed by atoms with Crippen molar-refractivity contribution in [1.29, 1.82) is 0 Å². The molecule has 0 fully saturated rings. The largest absolute Gasteiger partial charge is 0.449 e. The fourth-order valence-corrected chi connectivity index (χ4v) is 1.95. The number of benzene rings is 2. The standard InChI is InChI=1S/C16H12ClF2NO3/c1-9(15(21)20-12-5-2-10(18)3-6-12)23-16(22)13-7-4-11(19)8-14(13)17/h2-9H,1H3,(H,20,21)/t9-/m0/s1. The Morgan fingerprint density at radius 1 is 1.09 bits per heavy atom. The second-order valence-corrected chi connectivity index (χ2v) is 5.08. The van der Waals surface area contributed by atoms with Crippen molar-refractivity contribution in [1.82, 2.24) is 0 Å². The molecule has 1 N–H and O–H groups in total. The van der Waals surface area contributed by atoms with Crippen LogP contribution in [0.1, 0.15) is 17.3 Å². The van der Waals surface area contributed by atoms with Gasteiger partial charge >= 0.3 is 5.97 Å². The minimum absolute atomic E-state index is 0.0468. The van der Waals surface area contributed by atoms with Crippen LogP contribution in [0.4, 0.5) is 14.5 Å². The first kappa shape index (κ1) is 16.9. The lowest BCUT2D eigenvalue weighted by molar-refractivity contribution is -0.123. The lowest BCUT2D eigenvalue weighted by Crippen LogP contribution is -2.30. The molecular weight excluding hydrogens is 328 g/mol. The van der Waals surface area contributed by atoms with Crippen molar-refractivity contribution in [3.8, 4) is 0 Å². The molecule has 0 aliphatic carbocycles. The van der Waals surface area contributed by atoms with Crippen molar-refractivity contribution >= 4 is 29.2 Å². The molecule has 0 saturated heterocycles. The van der Waals surface area contributed by atoms with Crippen molar-refractivity contribution < 1.29 is 23.1 Å². The van der Waals surface area contributed by atoms with Gasteiger partial charge in [-0.15, -0.1) is 0 Å². The molecule has 0 aliphatic rings. The first-order chi connectivity index (χ1) is 10.9. The molecule has 2 aromatic carbocycles. The van der Waals surface area contributed by atoms with Gasteiger partial charge in [0, 0.05) is 5.69 Å². The zero-order valence-electron chi connectivity index (χ0n) is 12.0. The summed E-state index contributed by atoms with van der Waals surface area (Å²) in [6.45, 7) is 1.37. The SMILES string of the molecule is C[C@H](OC(=O)c1ccc(F)cc1Cl)C(=O)Nc1ccc(F)cc1. The molecule has 120 valence electrons. The number of carbonyl (C=O) groups is 2. The number of esters is 1. The smallest absolute Gasteiger partial charge is 0.340 e. The van der Waals surface area contributed by atoms with E-state index in [0.29, 0.717) is 5.69 Å². The monoisotopic (exact) mass is 339 g/mol. The first-order valence-electron chi connectivity index (χ1n) is 6.59. The molecule has 1 atom stereocenters. The number of anilines is 1. The Morgan fingerprint density at radius 3 is 2.30 bits per heavy atom. The lowest BCUT2D eigenvalue weighted by atomic mass is 10.2. The molecule has 23 heavy (non-hydrogen) atoms. The third kappa shape index (κ3) is 4.50. The topological polar surface area (TPSA) is 55.4 Å². The maximum absolute atomic E-state index is 12.9. The van der Waals surface area contributed by atoms with E-state index >= 15 is 0 Å². The number of rotatable bonds is 4. The van der Waals surface area contributed by atoms with E-state index in [0.717, 1.165) is 12.1 Å². The summed E-state index contributed by atoms with van der Waals surface area (Å²) < 4.78 is 30.7. The summed E-state index contributed by atoms with van der Waals surface area (Å²) in [5.74, 6) is -2.47. The van der Waals surface area contributed by atoms with Crippen LogP contribution in [0, 0.1) is 11.6 Å². The Bertz CT molecular complexity index is 735. The molecule has 0 spiro atoms. The minimum atomic E-state index is -1.12. The second-order valence-electron chi connectivity index (χ2n) is 4.67. The van der Waals surface area contributed by atoms with Crippen molar-refractivity contribution in [3.63, 3.8) is 0 Å². The van der Waals surface area contributed by atoms with E-state index in [1.54, 1.807) is 0 Å². The van der Waals surface area contributed by atoms with Crippen molar-refractivity contribution in [2.24, 2.45) is 0 Å². The molecular formula is C16H12ClF2NO3. The summed E-state index contributed by atoms with van der Waals surface area (Å²) in [7, 11) is 0. The Kier molecular flexibility index (Phi) is 5.28. The summed E-state index contributed by atoms with van der Waals surface area (Å²) >= 11 is 5.76. The van der Waals surface area contributed by atoms with Gasteiger partial charge in [0.1, 0.15) is 11.6 Å². The molecule has 0 bridgehead atoms. The van der Waals surface area contributed by atoms with Crippen LogP contribution in [0.5, 0.6) is 0 Å². The lowest BCUT2D eigenvalue weighted by Gasteiger charge is -2.14. The highest BCUT2D eigenvalue weighted by Gasteiger charge is 2.21. The number of amides is 1. The second kappa shape index (κ2) is 7.19. The number of halogens is 3. The van der Waals surface area contributed by atoms with E-state index in [4.69, 9.17) is 16.3 Å². The molecule has 0 aromatic heterocycles. The van der Waals surface area contributed by atoms with Crippen molar-refractivity contribution in [2.45, 2.75) is 13.0 Å². The Hall–Kier alpha value is -2.47. The summed E-state index contributed by atoms with van der Waals surface area (Å²) in [4.78, 5) is 23.9. The predicted molar refractivity (Wildman–Crippen MR) is 81.3 cm³/mol. The van der Waals surface area contributed by atoms with E-state index in [1.807, 2.05) is 0 Å². The number of ether oxygens (including phenoxy) is 1. The molecule has 2 aromatic rings. The third-order valence-electron chi connectivity index (χ3n) is 2.92. The molecule has 7 heteroatoms. The van der Waals surface area contributed by atoms with Gasteiger partial charge in [-0.2, -0.15) is 0 Å². The van der Waals surface area contributed by atoms with Crippen LogP contribution >= 0.6 is 11.6 Å². The molecule has 0 aliphatic heterocycles. The van der Waals surface area contributed by atoms with Gasteiger partial charge in [-0.1, -0.05) is 11.6 Å². The zero-order chi connectivity index (χ0) is 17.0. The summed E-state index contributed by atoms with van der Waals surface area (Å²) in [5.41, 5.74) is 0.314. The van der Waals surface area contributed by atoms with E-state index < -0.39 is 29.6 Å². The van der Waals surface area contributed by atoms with Gasteiger partial charge in [0.25, 0.3) is 5.91 Å². The quantitative estimate of drug-likeness (QED) is 0.862. The van der Waals surface area contributed by atoms with Crippen LogP contribution in [0.3, 0.4) is 0 Å². The maximum Gasteiger partial charge on any atom is 0.340 e. The Balaban J connectivity index is 2.00. The summed E-state index contributed by atoms with van der Waals surface area (Å²) in [6.07, 6.45) is -1.12. The molecule has 4 nitrogen and oxygen atoms in total. The molecule has 0 radical (unpaired) electrons. The van der Waals surface area contributed by atoms with Crippen molar-refractivity contribution in [2.75, 3.05) is 5.32 Å². The van der Waals surface area contributed by atoms with Gasteiger partial charge in [0.2, 0.25) is 0 Å². The fourth-order valence-electron chi connectivity index (χ4n) is 1.71. The van der Waals surface area contributed by atoms with Gasteiger partial charge in [0.15, 0.2) is 6.10 Å². The highest BCUT2D eigenvalue weighted by Crippen LogP contribution is 2.19. The van der Waals surface area contributed by atoms with Gasteiger partial charge in [-0.05, 0) is 49.4 Å². The van der Waals surface area contributed by atoms with Gasteiger partial charge in [-0.3, -0.25) is 4.79 Å². The maximum atomic E-state index is 12.9. The highest BCUT2D eigenvalue weighted by molar-refractivity contribution is 6.33. The minimum Gasteiger partial charge on any atom is -0.449 e. The number of hydrogen-bond donors (Lipinski definition) is 1. The van der Waals surface area contributed by atoms with Crippen LogP contribution in [0.2, 0.25) is 5.02 Å². The number of hydrogen-bond acceptors (Lipinski definition) is 3. The molecule has 1 amide bonds. The van der Waals surface area contributed by atoms with Gasteiger partial charge in [-0.25, -0.2) is 13.6 Å². The first-order valence-corrected chi connectivity index (χ1v) is 6.97. The predicted octanol–water partition coefficient (Wildman–Crippen LogP) is 3.80. The summed E-state index contributed by atoms with van der Waals surface area (Å²) in [5, 5.41) is 2.36.